The highest BCUT2D eigenvalue weighted by molar-refractivity contribution is 6.52. The molecule has 0 aromatic carbocycles. The maximum Gasteiger partial charge on any atom is 0.278 e. The summed E-state index contributed by atoms with van der Waals surface area (Å²) in [5.74, 6) is -3.19. The molecule has 1 atom stereocenters. The summed E-state index contributed by atoms with van der Waals surface area (Å²) < 4.78 is 43.5. The summed E-state index contributed by atoms with van der Waals surface area (Å²) in [7, 11) is -1.44. The van der Waals surface area contributed by atoms with Crippen molar-refractivity contribution < 1.29 is 17.6 Å². The summed E-state index contributed by atoms with van der Waals surface area (Å²) >= 11 is 0. The molecular formula is C8H14F3OSi. The Morgan fingerprint density at radius 2 is 2.15 bits per heavy atom. The highest BCUT2D eigenvalue weighted by Crippen LogP contribution is 2.30. The van der Waals surface area contributed by atoms with Gasteiger partial charge in [-0.25, -0.2) is 13.2 Å². The molecule has 5 heteroatoms. The van der Waals surface area contributed by atoms with Gasteiger partial charge in [-0.1, -0.05) is 6.42 Å². The van der Waals surface area contributed by atoms with E-state index in [0.717, 1.165) is 25.8 Å². The quantitative estimate of drug-likeness (QED) is 0.652. The van der Waals surface area contributed by atoms with Gasteiger partial charge in [-0.3, -0.25) is 0 Å². The fourth-order valence-electron chi connectivity index (χ4n) is 1.26. The molecule has 0 saturated carbocycles. The van der Waals surface area contributed by atoms with Crippen molar-refractivity contribution in [1.29, 1.82) is 0 Å². The molecule has 13 heavy (non-hydrogen) atoms. The van der Waals surface area contributed by atoms with E-state index in [2.05, 4.69) is 0 Å². The lowest BCUT2D eigenvalue weighted by Gasteiger charge is -2.25. The third kappa shape index (κ3) is 3.30. The van der Waals surface area contributed by atoms with Crippen LogP contribution in [0.25, 0.3) is 0 Å². The van der Waals surface area contributed by atoms with E-state index in [4.69, 9.17) is 4.43 Å². The predicted molar refractivity (Wildman–Crippen MR) is 46.1 cm³/mol. The lowest BCUT2D eigenvalue weighted by molar-refractivity contribution is -0.0500. The van der Waals surface area contributed by atoms with Gasteiger partial charge in [0.2, 0.25) is 9.04 Å². The Labute approximate surface area is 78.0 Å². The zero-order valence-corrected chi connectivity index (χ0v) is 8.66. The molecule has 1 heterocycles. The second-order valence-electron chi connectivity index (χ2n) is 3.40. The summed E-state index contributed by atoms with van der Waals surface area (Å²) in [6, 6.07) is 0.350. The van der Waals surface area contributed by atoms with E-state index in [1.165, 1.54) is 0 Å². The van der Waals surface area contributed by atoms with Gasteiger partial charge in [-0.15, -0.1) is 0 Å². The van der Waals surface area contributed by atoms with Crippen molar-refractivity contribution in [2.24, 2.45) is 0 Å². The first-order chi connectivity index (χ1) is 6.02. The van der Waals surface area contributed by atoms with Gasteiger partial charge in [0.15, 0.2) is 6.17 Å². The average Bonchev–Trinajstić information content (AvgIpc) is 2.05. The third-order valence-electron chi connectivity index (χ3n) is 2.17. The smallest absolute Gasteiger partial charge is 0.278 e. The molecule has 1 nitrogen and oxygen atoms in total. The molecule has 1 aliphatic rings. The normalized spacial score (nSPS) is 23.1. The minimum absolute atomic E-state index is 0.380. The standard InChI is InChI=1S/C8H14F3OSi/c1-7(9)8(10,11)6-13-5-3-2-4-12-13/h7H,2-6H2,1H3. The molecule has 1 unspecified atom stereocenters. The van der Waals surface area contributed by atoms with Crippen molar-refractivity contribution in [3.05, 3.63) is 0 Å². The van der Waals surface area contributed by atoms with Crippen LogP contribution in [0.4, 0.5) is 13.2 Å². The van der Waals surface area contributed by atoms with E-state index in [9.17, 15) is 13.2 Å². The number of alkyl halides is 3. The number of hydrogen-bond acceptors (Lipinski definition) is 1. The molecule has 0 bridgehead atoms. The van der Waals surface area contributed by atoms with Crippen LogP contribution in [0.1, 0.15) is 19.8 Å². The van der Waals surface area contributed by atoms with E-state index < -0.39 is 21.1 Å². The Kier molecular flexibility index (Phi) is 3.79. The van der Waals surface area contributed by atoms with Crippen LogP contribution in [-0.4, -0.2) is 27.7 Å². The van der Waals surface area contributed by atoms with Gasteiger partial charge >= 0.3 is 0 Å². The van der Waals surface area contributed by atoms with Crippen LogP contribution in [0.15, 0.2) is 0 Å². The van der Waals surface area contributed by atoms with Gasteiger partial charge in [0.1, 0.15) is 0 Å². The van der Waals surface area contributed by atoms with Gasteiger partial charge < -0.3 is 4.43 Å². The van der Waals surface area contributed by atoms with Crippen LogP contribution in [-0.2, 0) is 4.43 Å². The maximum absolute atomic E-state index is 12.9. The molecule has 0 amide bonds. The van der Waals surface area contributed by atoms with Gasteiger partial charge in [-0.2, -0.15) is 0 Å². The molecule has 0 aromatic heterocycles. The van der Waals surface area contributed by atoms with Crippen molar-refractivity contribution in [1.82, 2.24) is 0 Å². The molecular weight excluding hydrogens is 197 g/mol. The number of rotatable bonds is 3. The highest BCUT2D eigenvalue weighted by Gasteiger charge is 2.41. The van der Waals surface area contributed by atoms with Crippen LogP contribution in [0.2, 0.25) is 12.1 Å². The zero-order chi connectivity index (χ0) is 9.90. The fourth-order valence-corrected chi connectivity index (χ4v) is 3.56. The molecule has 0 aliphatic carbocycles. The van der Waals surface area contributed by atoms with Crippen molar-refractivity contribution in [3.63, 3.8) is 0 Å². The molecule has 0 spiro atoms. The lowest BCUT2D eigenvalue weighted by atomic mass is 10.3. The fraction of sp³-hybridized carbons (Fsp3) is 1.00. The van der Waals surface area contributed by atoms with Crippen molar-refractivity contribution in [2.75, 3.05) is 6.61 Å². The molecule has 1 rings (SSSR count). The van der Waals surface area contributed by atoms with Gasteiger partial charge in [-0.05, 0) is 19.4 Å². The first-order valence-electron chi connectivity index (χ1n) is 4.52. The van der Waals surface area contributed by atoms with E-state index >= 15 is 0 Å². The second-order valence-corrected chi connectivity index (χ2v) is 5.62. The first-order valence-corrected chi connectivity index (χ1v) is 6.34. The predicted octanol–water partition coefficient (Wildman–Crippen LogP) is 2.78. The summed E-state index contributed by atoms with van der Waals surface area (Å²) in [4.78, 5) is 0. The van der Waals surface area contributed by atoms with Crippen LogP contribution in [0, 0.1) is 0 Å². The Morgan fingerprint density at radius 3 is 2.62 bits per heavy atom. The van der Waals surface area contributed by atoms with Gasteiger partial charge in [0, 0.05) is 12.7 Å². The zero-order valence-electron chi connectivity index (χ0n) is 7.66. The highest BCUT2D eigenvalue weighted by atomic mass is 28.3. The second kappa shape index (κ2) is 4.46. The Bertz CT molecular complexity index is 157. The van der Waals surface area contributed by atoms with Gasteiger partial charge in [0.25, 0.3) is 5.92 Å². The molecule has 77 valence electrons. The van der Waals surface area contributed by atoms with Crippen LogP contribution in [0.5, 0.6) is 0 Å². The monoisotopic (exact) mass is 211 g/mol. The van der Waals surface area contributed by atoms with E-state index in [1.807, 2.05) is 0 Å². The summed E-state index contributed by atoms with van der Waals surface area (Å²) in [5.41, 5.74) is 0. The number of hydrogen-bond donors (Lipinski definition) is 0. The molecule has 1 radical (unpaired) electrons. The third-order valence-corrected chi connectivity index (χ3v) is 4.56. The van der Waals surface area contributed by atoms with Gasteiger partial charge in [0.05, 0.1) is 0 Å². The average molecular weight is 211 g/mol. The Morgan fingerprint density at radius 1 is 1.46 bits per heavy atom. The van der Waals surface area contributed by atoms with Crippen molar-refractivity contribution >= 4 is 9.04 Å². The largest absolute Gasteiger partial charge is 0.416 e. The van der Waals surface area contributed by atoms with E-state index in [-0.39, 0.29) is 6.04 Å². The van der Waals surface area contributed by atoms with Crippen LogP contribution >= 0.6 is 0 Å². The Hall–Kier alpha value is -0.0331. The molecule has 0 N–H and O–H groups in total. The van der Waals surface area contributed by atoms with E-state index in [1.54, 1.807) is 0 Å². The summed E-state index contributed by atoms with van der Waals surface area (Å²) in [5, 5.41) is 0. The molecule has 1 fully saturated rings. The molecule has 1 saturated heterocycles. The first kappa shape index (κ1) is 11.0. The maximum atomic E-state index is 12.9. The summed E-state index contributed by atoms with van der Waals surface area (Å²) in [6.07, 6.45) is -0.161. The Balaban J connectivity index is 2.37. The SMILES string of the molecule is CC(F)C(F)(F)C[Si]1CCCCO1. The topological polar surface area (TPSA) is 9.23 Å². The molecule has 1 aliphatic heterocycles. The number of halogens is 3. The summed E-state index contributed by atoms with van der Waals surface area (Å²) in [6.45, 7) is 1.48. The van der Waals surface area contributed by atoms with Crippen LogP contribution < -0.4 is 0 Å². The molecule has 0 aromatic rings. The minimum Gasteiger partial charge on any atom is -0.416 e. The van der Waals surface area contributed by atoms with E-state index in [0.29, 0.717) is 6.61 Å². The van der Waals surface area contributed by atoms with Crippen molar-refractivity contribution in [3.8, 4) is 0 Å². The lowest BCUT2D eigenvalue weighted by Crippen LogP contribution is -2.36. The van der Waals surface area contributed by atoms with Crippen molar-refractivity contribution in [2.45, 2.75) is 43.9 Å². The minimum atomic E-state index is -3.19. The van der Waals surface area contributed by atoms with Crippen LogP contribution in [0.3, 0.4) is 0 Å².